The lowest BCUT2D eigenvalue weighted by Gasteiger charge is -2.39. The summed E-state index contributed by atoms with van der Waals surface area (Å²) in [6, 6.07) is 5.15. The Morgan fingerprint density at radius 3 is 2.63 bits per heavy atom. The Hall–Kier alpha value is -3.99. The number of aromatic nitrogens is 1. The predicted molar refractivity (Wildman–Crippen MR) is 151 cm³/mol. The van der Waals surface area contributed by atoms with E-state index in [4.69, 9.17) is 29.1 Å². The maximum absolute atomic E-state index is 13.2. The van der Waals surface area contributed by atoms with Crippen LogP contribution in [0.3, 0.4) is 0 Å². The number of benzene rings is 1. The Morgan fingerprint density at radius 1 is 1.17 bits per heavy atom. The third kappa shape index (κ3) is 5.76. The van der Waals surface area contributed by atoms with Crippen LogP contribution >= 0.6 is 11.6 Å². The number of carbonyl (C=O) groups is 2. The van der Waals surface area contributed by atoms with Crippen LogP contribution in [0.2, 0.25) is 0 Å². The van der Waals surface area contributed by atoms with E-state index < -0.39 is 24.4 Å². The van der Waals surface area contributed by atoms with Crippen LogP contribution in [0.15, 0.2) is 49.9 Å². The van der Waals surface area contributed by atoms with Gasteiger partial charge >= 0.3 is 0 Å². The van der Waals surface area contributed by atoms with Gasteiger partial charge in [0, 0.05) is 41.8 Å². The highest BCUT2D eigenvalue weighted by molar-refractivity contribution is 6.29. The van der Waals surface area contributed by atoms with E-state index in [-0.39, 0.29) is 22.4 Å². The summed E-state index contributed by atoms with van der Waals surface area (Å²) in [6.45, 7) is 5.78. The molecule has 4 heterocycles. The van der Waals surface area contributed by atoms with Gasteiger partial charge in [-0.15, -0.1) is 10.2 Å². The molecular weight excluding hydrogens is 552 g/mol. The fraction of sp³-hybridized carbons (Fsp3) is 0.500. The molecule has 2 amide bonds. The van der Waals surface area contributed by atoms with E-state index in [0.29, 0.717) is 38.9 Å². The minimum Gasteiger partial charge on any atom is -0.358 e. The number of halogens is 1. The van der Waals surface area contributed by atoms with E-state index >= 15 is 0 Å². The number of nitrogens with zero attached hydrogens (tertiary/aromatic N) is 6. The molecule has 2 saturated heterocycles. The van der Waals surface area contributed by atoms with Gasteiger partial charge in [0.1, 0.15) is 17.5 Å². The molecule has 3 atom stereocenters. The number of hydrogen-bond acceptors (Lipinski definition) is 11. The van der Waals surface area contributed by atoms with Crippen LogP contribution in [0.4, 0.5) is 0 Å². The van der Waals surface area contributed by atoms with Gasteiger partial charge in [-0.25, -0.2) is 5.01 Å². The number of carbonyl (C=O) groups excluding carboxylic acids is 2. The molecule has 41 heavy (non-hydrogen) atoms. The molecule has 17 heteroatoms. The minimum atomic E-state index is -0.976. The van der Waals surface area contributed by atoms with E-state index in [9.17, 15) is 9.59 Å². The van der Waals surface area contributed by atoms with Crippen LogP contribution < -0.4 is 38.8 Å². The average molecular weight is 587 g/mol. The normalized spacial score (nSPS) is 24.9. The fourth-order valence-corrected chi connectivity index (χ4v) is 5.88. The van der Waals surface area contributed by atoms with Crippen molar-refractivity contribution in [2.45, 2.75) is 57.1 Å². The van der Waals surface area contributed by atoms with Crippen LogP contribution in [-0.4, -0.2) is 70.4 Å². The van der Waals surface area contributed by atoms with Crippen molar-refractivity contribution in [2.24, 2.45) is 38.2 Å². The summed E-state index contributed by atoms with van der Waals surface area (Å²) in [4.78, 5) is 31.6. The second-order valence-corrected chi connectivity index (χ2v) is 11.0. The summed E-state index contributed by atoms with van der Waals surface area (Å²) in [5, 5.41) is 28.6. The molecule has 16 nitrogen and oxygen atoms in total. The van der Waals surface area contributed by atoms with Crippen molar-refractivity contribution in [3.63, 3.8) is 0 Å². The largest absolute Gasteiger partial charge is 0.358 e. The SMILES string of the molecule is Cc1[nH]c2ccc(CC(=O)N3CCC4(CC3)CN(N)C(NC(=O)C3NC(Cl)=C(N=NN)NC3N=NN)N4)cc2c1C. The summed E-state index contributed by atoms with van der Waals surface area (Å²) in [5.41, 5.74) is 4.05. The number of piperidine rings is 1. The van der Waals surface area contributed by atoms with Crippen LogP contribution in [0.5, 0.6) is 0 Å². The third-order valence-electron chi connectivity index (χ3n) is 8.06. The topological polar surface area (TPSA) is 232 Å². The third-order valence-corrected chi connectivity index (χ3v) is 8.35. The lowest BCUT2D eigenvalue weighted by atomic mass is 9.88. The van der Waals surface area contributed by atoms with Crippen molar-refractivity contribution in [2.75, 3.05) is 19.6 Å². The molecule has 220 valence electrons. The molecule has 0 aliphatic carbocycles. The molecule has 0 bridgehead atoms. The highest BCUT2D eigenvalue weighted by atomic mass is 35.5. The van der Waals surface area contributed by atoms with Gasteiger partial charge < -0.3 is 37.5 Å². The van der Waals surface area contributed by atoms with Gasteiger partial charge in [0.2, 0.25) is 11.8 Å². The summed E-state index contributed by atoms with van der Waals surface area (Å²) in [5.74, 6) is 16.3. The van der Waals surface area contributed by atoms with E-state index in [1.165, 1.54) is 10.6 Å². The van der Waals surface area contributed by atoms with Gasteiger partial charge in [0.25, 0.3) is 0 Å². The zero-order valence-electron chi connectivity index (χ0n) is 22.8. The van der Waals surface area contributed by atoms with Gasteiger partial charge in [-0.2, -0.15) is 0 Å². The first-order chi connectivity index (χ1) is 19.6. The van der Waals surface area contributed by atoms with E-state index in [1.54, 1.807) is 0 Å². The molecule has 3 unspecified atom stereocenters. The van der Waals surface area contributed by atoms with Crippen LogP contribution in [0.1, 0.15) is 29.7 Å². The average Bonchev–Trinajstić information content (AvgIpc) is 3.40. The van der Waals surface area contributed by atoms with Gasteiger partial charge in [-0.1, -0.05) is 28.1 Å². The molecule has 5 rings (SSSR count). The molecule has 2 aromatic rings. The quantitative estimate of drug-likeness (QED) is 0.0964. The molecule has 1 aromatic heterocycles. The Bertz CT molecular complexity index is 1410. The Morgan fingerprint density at radius 2 is 1.93 bits per heavy atom. The number of H-pyrrole nitrogens is 1. The van der Waals surface area contributed by atoms with E-state index in [2.05, 4.69) is 59.9 Å². The molecular formula is C24H35ClN14O2. The van der Waals surface area contributed by atoms with Crippen LogP contribution in [0, 0.1) is 13.8 Å². The number of hydrogen-bond donors (Lipinski definition) is 8. The highest BCUT2D eigenvalue weighted by Gasteiger charge is 2.46. The summed E-state index contributed by atoms with van der Waals surface area (Å²) in [7, 11) is 0. The van der Waals surface area contributed by atoms with Gasteiger partial charge in [0.15, 0.2) is 12.0 Å². The van der Waals surface area contributed by atoms with Crippen molar-refractivity contribution in [3.05, 3.63) is 46.0 Å². The summed E-state index contributed by atoms with van der Waals surface area (Å²) in [6.07, 6.45) is 0.128. The number of amides is 2. The first-order valence-corrected chi connectivity index (χ1v) is 13.6. The molecule has 0 radical (unpaired) electrons. The molecule has 1 spiro atoms. The van der Waals surface area contributed by atoms with Crippen molar-refractivity contribution in [1.82, 2.24) is 36.2 Å². The standard InChI is InChI=1S/C24H35ClN14O2/c1-12-13(2)29-16-4-3-14(9-15(12)16)10-17(40)38-7-5-24(6-8-38)11-39(28)23(33-24)32-22(41)18-20(34-36-26)31-21(35-37-27)19(25)30-18/h3-4,9,18,20,23,29-31,33H,5-8,10-11,28H2,1-2H3,(H2,26,34)(H2,27,35)(H,32,41). The number of hydrazine groups is 1. The lowest BCUT2D eigenvalue weighted by Crippen LogP contribution is -2.63. The minimum absolute atomic E-state index is 0.0265. The summed E-state index contributed by atoms with van der Waals surface area (Å²) < 4.78 is 0. The second kappa shape index (κ2) is 11.5. The molecule has 11 N–H and O–H groups in total. The molecule has 0 saturated carbocycles. The maximum Gasteiger partial charge on any atom is 0.249 e. The van der Waals surface area contributed by atoms with Crippen molar-refractivity contribution in [3.8, 4) is 0 Å². The summed E-state index contributed by atoms with van der Waals surface area (Å²) >= 11 is 6.18. The monoisotopic (exact) mass is 586 g/mol. The molecule has 3 aliphatic rings. The Labute approximate surface area is 241 Å². The number of aryl methyl sites for hydroxylation is 2. The first kappa shape index (κ1) is 28.5. The van der Waals surface area contributed by atoms with E-state index in [0.717, 1.165) is 22.2 Å². The van der Waals surface area contributed by atoms with Crippen LogP contribution in [0.25, 0.3) is 10.9 Å². The lowest BCUT2D eigenvalue weighted by molar-refractivity contribution is -0.132. The fourth-order valence-electron chi connectivity index (χ4n) is 5.67. The van der Waals surface area contributed by atoms with Crippen molar-refractivity contribution >= 4 is 34.3 Å². The zero-order valence-corrected chi connectivity index (χ0v) is 23.6. The number of rotatable bonds is 6. The first-order valence-electron chi connectivity index (χ1n) is 13.2. The highest BCUT2D eigenvalue weighted by Crippen LogP contribution is 2.29. The molecule has 3 aliphatic heterocycles. The number of aromatic amines is 1. The van der Waals surface area contributed by atoms with Crippen molar-refractivity contribution in [1.29, 1.82) is 0 Å². The number of likely N-dealkylation sites (tertiary alicyclic amines) is 1. The van der Waals surface area contributed by atoms with E-state index in [1.807, 2.05) is 24.0 Å². The second-order valence-electron chi connectivity index (χ2n) is 10.6. The van der Waals surface area contributed by atoms with Gasteiger partial charge in [-0.3, -0.25) is 20.7 Å². The van der Waals surface area contributed by atoms with Crippen LogP contribution in [-0.2, 0) is 16.0 Å². The predicted octanol–water partition coefficient (Wildman–Crippen LogP) is -0.228. The number of nitrogens with two attached hydrogens (primary N) is 3. The Kier molecular flexibility index (Phi) is 7.99. The van der Waals surface area contributed by atoms with Gasteiger partial charge in [-0.05, 0) is 49.9 Å². The van der Waals surface area contributed by atoms with Gasteiger partial charge in [0.05, 0.1) is 6.42 Å². The Balaban J connectivity index is 1.17. The molecule has 2 fully saturated rings. The zero-order chi connectivity index (χ0) is 29.3. The van der Waals surface area contributed by atoms with Crippen molar-refractivity contribution < 1.29 is 9.59 Å². The molecule has 1 aromatic carbocycles. The number of fused-ring (bicyclic) bond motifs is 1. The smallest absolute Gasteiger partial charge is 0.249 e. The number of nitrogens with one attached hydrogen (secondary N) is 5. The maximum atomic E-state index is 13.2.